The Morgan fingerprint density at radius 1 is 1.10 bits per heavy atom. The summed E-state index contributed by atoms with van der Waals surface area (Å²) in [5, 5.41) is 12.3. The number of ether oxygens (including phenoxy) is 1. The minimum Gasteiger partial charge on any atom is -0.437 e. The third-order valence-electron chi connectivity index (χ3n) is 5.59. The molecule has 8 heteroatoms. The minimum atomic E-state index is -0.348. The molecule has 2 heterocycles. The highest BCUT2D eigenvalue weighted by atomic mass is 32.2. The number of aromatic nitrogens is 2. The Balaban J connectivity index is 1.45. The number of benzene rings is 2. The summed E-state index contributed by atoms with van der Waals surface area (Å²) in [6.45, 7) is 0. The summed E-state index contributed by atoms with van der Waals surface area (Å²) in [6.07, 6.45) is 1.69. The predicted octanol–water partition coefficient (Wildman–Crippen LogP) is 3.87. The van der Waals surface area contributed by atoms with Crippen LogP contribution >= 0.6 is 11.8 Å². The number of hydrogen-bond donors (Lipinski definition) is 1. The number of carbonyl (C=O) groups is 2. The van der Waals surface area contributed by atoms with E-state index in [1.807, 2.05) is 61.5 Å². The highest BCUT2D eigenvalue weighted by Gasteiger charge is 2.41. The van der Waals surface area contributed by atoms with Crippen molar-refractivity contribution in [2.75, 3.05) is 19.0 Å². The van der Waals surface area contributed by atoms with Crippen molar-refractivity contribution in [1.29, 1.82) is 0 Å². The van der Waals surface area contributed by atoms with Gasteiger partial charge in [-0.1, -0.05) is 36.0 Å². The Hall–Kier alpha value is -3.13. The minimum absolute atomic E-state index is 0.0468. The molecule has 2 amide bonds. The van der Waals surface area contributed by atoms with Gasteiger partial charge >= 0.3 is 0 Å². The standard InChI is InChI=1S/C22H20N4O3S/c1-26(2)19-16-5-3-4-6-17(16)21(25-24-19)29-13-8-10-14-12(11-13)7-9-15(14)18-20(27)23-22(28)30-18/h3-6,8,10-11,15,18H,7,9H2,1-2H3,(H,23,27,28)/t15-,18?/m1/s1. The zero-order valence-electron chi connectivity index (χ0n) is 16.6. The highest BCUT2D eigenvalue weighted by Crippen LogP contribution is 2.43. The molecule has 0 radical (unpaired) electrons. The van der Waals surface area contributed by atoms with E-state index in [1.54, 1.807) is 0 Å². The Labute approximate surface area is 177 Å². The molecule has 152 valence electrons. The maximum atomic E-state index is 12.1. The molecule has 2 atom stereocenters. The number of aryl methyl sites for hydroxylation is 1. The molecule has 7 nitrogen and oxygen atoms in total. The fraction of sp³-hybridized carbons (Fsp3) is 0.273. The Morgan fingerprint density at radius 2 is 1.90 bits per heavy atom. The molecule has 2 aliphatic rings. The van der Waals surface area contributed by atoms with Gasteiger partial charge < -0.3 is 9.64 Å². The highest BCUT2D eigenvalue weighted by molar-refractivity contribution is 8.15. The van der Waals surface area contributed by atoms with Gasteiger partial charge in [-0.05, 0) is 42.2 Å². The summed E-state index contributed by atoms with van der Waals surface area (Å²) in [5.74, 6) is 1.79. The van der Waals surface area contributed by atoms with Crippen LogP contribution in [0.15, 0.2) is 42.5 Å². The summed E-state index contributed by atoms with van der Waals surface area (Å²) in [4.78, 5) is 25.6. The largest absolute Gasteiger partial charge is 0.437 e. The fourth-order valence-corrected chi connectivity index (χ4v) is 5.23. The third-order valence-corrected chi connectivity index (χ3v) is 6.71. The van der Waals surface area contributed by atoms with Crippen molar-refractivity contribution >= 4 is 39.5 Å². The molecule has 1 unspecified atom stereocenters. The van der Waals surface area contributed by atoms with Gasteiger partial charge in [-0.25, -0.2) is 0 Å². The molecule has 2 aromatic carbocycles. The van der Waals surface area contributed by atoms with Crippen LogP contribution in [0, 0.1) is 0 Å². The number of carbonyl (C=O) groups excluding carboxylic acids is 2. The molecule has 1 saturated heterocycles. The first-order chi connectivity index (χ1) is 14.5. The second-order valence-electron chi connectivity index (χ2n) is 7.69. The van der Waals surface area contributed by atoms with E-state index in [2.05, 4.69) is 15.5 Å². The molecule has 1 aromatic heterocycles. The van der Waals surface area contributed by atoms with E-state index in [4.69, 9.17) is 4.74 Å². The molecule has 1 fully saturated rings. The third kappa shape index (κ3) is 3.17. The van der Waals surface area contributed by atoms with Crippen LogP contribution < -0.4 is 15.0 Å². The van der Waals surface area contributed by atoms with Crippen LogP contribution in [-0.4, -0.2) is 40.7 Å². The lowest BCUT2D eigenvalue weighted by molar-refractivity contribution is -0.119. The van der Waals surface area contributed by atoms with Gasteiger partial charge in [-0.15, -0.1) is 10.2 Å². The topological polar surface area (TPSA) is 84.4 Å². The summed E-state index contributed by atoms with van der Waals surface area (Å²) in [5.41, 5.74) is 2.26. The van der Waals surface area contributed by atoms with Crippen LogP contribution in [0.1, 0.15) is 23.5 Å². The molecule has 1 N–H and O–H groups in total. The van der Waals surface area contributed by atoms with Crippen LogP contribution in [0.2, 0.25) is 0 Å². The van der Waals surface area contributed by atoms with E-state index in [9.17, 15) is 9.59 Å². The zero-order valence-corrected chi connectivity index (χ0v) is 17.4. The smallest absolute Gasteiger partial charge is 0.286 e. The first kappa shape index (κ1) is 18.9. The van der Waals surface area contributed by atoms with Crippen molar-refractivity contribution in [3.63, 3.8) is 0 Å². The molecule has 30 heavy (non-hydrogen) atoms. The average molecular weight is 420 g/mol. The lowest BCUT2D eigenvalue weighted by Gasteiger charge is -2.17. The van der Waals surface area contributed by atoms with Gasteiger partial charge in [0, 0.05) is 30.8 Å². The second-order valence-corrected chi connectivity index (χ2v) is 8.81. The summed E-state index contributed by atoms with van der Waals surface area (Å²) < 4.78 is 6.12. The van der Waals surface area contributed by atoms with Crippen molar-refractivity contribution in [1.82, 2.24) is 15.5 Å². The lowest BCUT2D eigenvalue weighted by atomic mass is 9.97. The van der Waals surface area contributed by atoms with Crippen molar-refractivity contribution < 1.29 is 14.3 Å². The number of fused-ring (bicyclic) bond motifs is 2. The van der Waals surface area contributed by atoms with Crippen molar-refractivity contribution in [3.8, 4) is 11.6 Å². The normalized spacial score (nSPS) is 20.3. The van der Waals surface area contributed by atoms with Crippen LogP contribution in [-0.2, 0) is 11.2 Å². The Kier molecular flexibility index (Phi) is 4.58. The number of hydrogen-bond acceptors (Lipinski definition) is 7. The summed E-state index contributed by atoms with van der Waals surface area (Å²) in [7, 11) is 3.87. The van der Waals surface area contributed by atoms with Crippen molar-refractivity contribution in [3.05, 3.63) is 53.6 Å². The summed E-state index contributed by atoms with van der Waals surface area (Å²) >= 11 is 1.09. The second kappa shape index (κ2) is 7.28. The van der Waals surface area contributed by atoms with E-state index in [0.29, 0.717) is 11.6 Å². The number of imide groups is 1. The van der Waals surface area contributed by atoms with Gasteiger partial charge in [0.15, 0.2) is 5.82 Å². The average Bonchev–Trinajstić information content (AvgIpc) is 3.29. The van der Waals surface area contributed by atoms with Gasteiger partial charge in [0.05, 0.1) is 0 Å². The zero-order chi connectivity index (χ0) is 20.8. The van der Waals surface area contributed by atoms with E-state index in [0.717, 1.165) is 52.3 Å². The number of rotatable bonds is 4. The number of nitrogens with zero attached hydrogens (tertiary/aromatic N) is 3. The molecule has 0 spiro atoms. The molecule has 3 aromatic rings. The predicted molar refractivity (Wildman–Crippen MR) is 116 cm³/mol. The van der Waals surface area contributed by atoms with Crippen LogP contribution in [0.3, 0.4) is 0 Å². The Bertz CT molecular complexity index is 1180. The maximum Gasteiger partial charge on any atom is 0.286 e. The van der Waals surface area contributed by atoms with Crippen LogP contribution in [0.4, 0.5) is 10.6 Å². The van der Waals surface area contributed by atoms with E-state index in [-0.39, 0.29) is 22.3 Å². The number of nitrogens with one attached hydrogen (secondary N) is 1. The van der Waals surface area contributed by atoms with Gasteiger partial charge in [0.2, 0.25) is 11.8 Å². The molecule has 0 saturated carbocycles. The number of thioether (sulfide) groups is 1. The molecule has 1 aliphatic carbocycles. The fourth-order valence-electron chi connectivity index (χ4n) is 4.22. The molecule has 1 aliphatic heterocycles. The van der Waals surface area contributed by atoms with E-state index >= 15 is 0 Å². The SMILES string of the molecule is CN(C)c1nnc(Oc2ccc3c(c2)CC[C@H]3C2SC(=O)NC2=O)c2ccccc12. The molecular formula is C22H20N4O3S. The van der Waals surface area contributed by atoms with Crippen LogP contribution in [0.25, 0.3) is 10.8 Å². The van der Waals surface area contributed by atoms with Gasteiger partial charge in [-0.2, -0.15) is 0 Å². The molecule has 0 bridgehead atoms. The lowest BCUT2D eigenvalue weighted by Crippen LogP contribution is -2.27. The first-order valence-electron chi connectivity index (χ1n) is 9.76. The van der Waals surface area contributed by atoms with Gasteiger partial charge in [0.25, 0.3) is 5.24 Å². The number of amides is 2. The summed E-state index contributed by atoms with van der Waals surface area (Å²) in [6, 6.07) is 13.8. The quantitative estimate of drug-likeness (QED) is 0.686. The van der Waals surface area contributed by atoms with Gasteiger partial charge in [-0.3, -0.25) is 14.9 Å². The van der Waals surface area contributed by atoms with Gasteiger partial charge in [0.1, 0.15) is 11.0 Å². The van der Waals surface area contributed by atoms with Crippen LogP contribution in [0.5, 0.6) is 11.6 Å². The molecular weight excluding hydrogens is 400 g/mol. The first-order valence-corrected chi connectivity index (χ1v) is 10.6. The van der Waals surface area contributed by atoms with Crippen molar-refractivity contribution in [2.24, 2.45) is 0 Å². The molecule has 5 rings (SSSR count). The Morgan fingerprint density at radius 3 is 2.63 bits per heavy atom. The maximum absolute atomic E-state index is 12.1. The monoisotopic (exact) mass is 420 g/mol. The van der Waals surface area contributed by atoms with E-state index < -0.39 is 0 Å². The van der Waals surface area contributed by atoms with E-state index in [1.165, 1.54) is 0 Å². The number of anilines is 1. The van der Waals surface area contributed by atoms with Crippen molar-refractivity contribution in [2.45, 2.75) is 24.0 Å².